The van der Waals surface area contributed by atoms with Crippen molar-refractivity contribution in [1.82, 2.24) is 39.0 Å². The van der Waals surface area contributed by atoms with Crippen LogP contribution < -0.4 is 15.4 Å². The maximum atomic E-state index is 15.0. The number of imidazole rings is 2. The van der Waals surface area contributed by atoms with Gasteiger partial charge in [0.15, 0.2) is 28.1 Å². The Hall–Kier alpha value is -6.15. The zero-order valence-corrected chi connectivity index (χ0v) is 43.2. The van der Waals surface area contributed by atoms with Crippen LogP contribution in [0.5, 0.6) is 11.6 Å². The van der Waals surface area contributed by atoms with Crippen LogP contribution in [-0.4, -0.2) is 117 Å². The third kappa shape index (κ3) is 13.0. The van der Waals surface area contributed by atoms with Gasteiger partial charge in [-0.1, -0.05) is 62.2 Å². The van der Waals surface area contributed by atoms with Crippen LogP contribution in [0.3, 0.4) is 0 Å². The molecular formula is C46H49Cl2N10O14PS. The Bertz CT molecular complexity index is 3100. The van der Waals surface area contributed by atoms with Crippen LogP contribution in [0.1, 0.15) is 82.6 Å². The van der Waals surface area contributed by atoms with Crippen molar-refractivity contribution in [1.29, 1.82) is 0 Å². The van der Waals surface area contributed by atoms with Crippen molar-refractivity contribution < 1.29 is 66.4 Å². The maximum absolute atomic E-state index is 15.0. The largest absolute Gasteiger partial charge is 0.459 e. The standard InChI is InChI=1S/C46H49Cl2N10O14PS/c1-5-36(61)66-23-74-73(65,72-31-17-35(68-32(31)18-59)58-22-52-39-42(58)54-46(55-43(63)24(2)3)56-45(39)71-29-15-27(47)12-13-28(29)48)67-19-33-30(70-37(62)14-11-25(4)60)16-34(69-33)57-21-51-38-40(49-20-50-41(38)57)53-44(64)26-9-7-6-8-10-26/h6-10,12-13,15,20-22,24,30-35,59H,5,11,14,16-19,23H2,1-4H3,(H,49,50,53,64)(H,54,55,56,63)/t30?,31?,32-,33-,34-,35-,73?/m1/s1. The summed E-state index contributed by atoms with van der Waals surface area (Å²) < 4.78 is 60.2. The Labute approximate surface area is 435 Å². The number of hydrogen-bond donors (Lipinski definition) is 3. The molecule has 2 amide bonds. The number of aliphatic hydroxyl groups is 1. The molecule has 28 heteroatoms. The molecule has 2 fully saturated rings. The van der Waals surface area contributed by atoms with E-state index >= 15 is 0 Å². The summed E-state index contributed by atoms with van der Waals surface area (Å²) in [6.45, 7) is 0.680. The van der Waals surface area contributed by atoms with Gasteiger partial charge in [-0.2, -0.15) is 9.97 Å². The number of anilines is 2. The highest BCUT2D eigenvalue weighted by atomic mass is 35.5. The van der Waals surface area contributed by atoms with E-state index < -0.39 is 92.5 Å². The fourth-order valence-corrected chi connectivity index (χ4v) is 10.7. The van der Waals surface area contributed by atoms with Gasteiger partial charge < -0.3 is 38.9 Å². The molecule has 0 saturated carbocycles. The number of carbonyl (C=O) groups excluding carboxylic acids is 5. The number of nitrogens with one attached hydrogen (secondary N) is 2. The Balaban J connectivity index is 1.04. The fraction of sp³-hybridized carbons (Fsp3) is 0.413. The van der Waals surface area contributed by atoms with E-state index in [1.807, 2.05) is 0 Å². The minimum absolute atomic E-state index is 0.00231. The van der Waals surface area contributed by atoms with Crippen molar-refractivity contribution in [2.24, 2.45) is 5.92 Å². The summed E-state index contributed by atoms with van der Waals surface area (Å²) in [5.41, 5.74) is 1.12. The summed E-state index contributed by atoms with van der Waals surface area (Å²) in [6, 6.07) is 13.1. The van der Waals surface area contributed by atoms with Crippen molar-refractivity contribution in [3.05, 3.63) is 83.1 Å². The van der Waals surface area contributed by atoms with Crippen molar-refractivity contribution in [2.75, 3.05) is 29.8 Å². The number of hydrogen-bond acceptors (Lipinski definition) is 21. The number of aromatic nitrogens is 8. The number of ketones is 1. The molecule has 6 heterocycles. The molecule has 24 nitrogen and oxygen atoms in total. The number of halogens is 2. The summed E-state index contributed by atoms with van der Waals surface area (Å²) in [4.78, 5) is 89.5. The van der Waals surface area contributed by atoms with Gasteiger partial charge in [0, 0.05) is 59.6 Å². The number of Topliss-reactive ketones (excluding diaryl/α,β-unsaturated/α-hetero) is 1. The van der Waals surface area contributed by atoms with Gasteiger partial charge in [0.25, 0.3) is 11.8 Å². The van der Waals surface area contributed by atoms with E-state index in [-0.39, 0.29) is 88.6 Å². The molecule has 2 aliphatic rings. The number of rotatable bonds is 22. The van der Waals surface area contributed by atoms with Gasteiger partial charge in [-0.25, -0.2) is 24.5 Å². The highest BCUT2D eigenvalue weighted by molar-refractivity contribution is 8.55. The van der Waals surface area contributed by atoms with Crippen LogP contribution in [0.15, 0.2) is 67.5 Å². The first-order valence-electron chi connectivity index (χ1n) is 23.1. The van der Waals surface area contributed by atoms with Crippen LogP contribution in [-0.2, 0) is 51.7 Å². The van der Waals surface area contributed by atoms with Gasteiger partial charge >= 0.3 is 18.7 Å². The first-order chi connectivity index (χ1) is 35.5. The van der Waals surface area contributed by atoms with E-state index in [9.17, 15) is 33.6 Å². The van der Waals surface area contributed by atoms with E-state index in [1.54, 1.807) is 61.7 Å². The smallest absolute Gasteiger partial charge is 0.392 e. The van der Waals surface area contributed by atoms with Crippen molar-refractivity contribution >= 4 is 105 Å². The molecule has 74 heavy (non-hydrogen) atoms. The van der Waals surface area contributed by atoms with E-state index in [0.29, 0.717) is 22.0 Å². The number of carbonyl (C=O) groups is 5. The third-order valence-electron chi connectivity index (χ3n) is 11.4. The molecule has 3 N–H and O–H groups in total. The molecule has 2 aromatic carbocycles. The molecule has 3 unspecified atom stereocenters. The molecular weight excluding hydrogens is 1050 g/mol. The van der Waals surface area contributed by atoms with Gasteiger partial charge in [0.2, 0.25) is 11.9 Å². The van der Waals surface area contributed by atoms with Gasteiger partial charge in [-0.05, 0) is 31.2 Å². The number of amides is 2. The van der Waals surface area contributed by atoms with Crippen molar-refractivity contribution in [2.45, 2.75) is 96.7 Å². The van der Waals surface area contributed by atoms with E-state index in [1.165, 1.54) is 42.6 Å². The van der Waals surface area contributed by atoms with Gasteiger partial charge in [-0.3, -0.25) is 42.7 Å². The lowest BCUT2D eigenvalue weighted by molar-refractivity contribution is -0.153. The second-order valence-electron chi connectivity index (χ2n) is 17.0. The first-order valence-corrected chi connectivity index (χ1v) is 27.0. The lowest BCUT2D eigenvalue weighted by atomic mass is 10.2. The molecule has 8 rings (SSSR count). The van der Waals surface area contributed by atoms with Crippen molar-refractivity contribution in [3.8, 4) is 11.6 Å². The summed E-state index contributed by atoms with van der Waals surface area (Å²) in [7, 11) is 0. The summed E-state index contributed by atoms with van der Waals surface area (Å²) in [6.07, 6.45) is -2.72. The Kier molecular flexibility index (Phi) is 17.6. The monoisotopic (exact) mass is 1100 g/mol. The number of benzene rings is 2. The molecule has 6 aromatic rings. The Morgan fingerprint density at radius 2 is 1.59 bits per heavy atom. The number of fused-ring (bicyclic) bond motifs is 2. The minimum atomic E-state index is -4.47. The lowest BCUT2D eigenvalue weighted by Gasteiger charge is -2.25. The molecule has 0 bridgehead atoms. The quantitative estimate of drug-likeness (QED) is 0.0334. The average Bonchev–Trinajstić information content (AvgIpc) is 4.19. The fourth-order valence-electron chi connectivity index (χ4n) is 7.55. The summed E-state index contributed by atoms with van der Waals surface area (Å²) in [5.74, 6) is -3.26. The second kappa shape index (κ2) is 24.0. The molecule has 2 aliphatic heterocycles. The van der Waals surface area contributed by atoms with Crippen LogP contribution in [0.2, 0.25) is 10.0 Å². The SMILES string of the molecule is CCC(=O)OCSP(=O)(OC[C@H]1O[C@@H](n2cnc3c(NC(=O)c4ccccc4)ncnc32)CC1OC(=O)CCC(C)=O)OC1C[C@H](n2cnc3c(Oc4cc(Cl)ccc4Cl)nc(NC(=O)C(C)C)nc32)O[C@@H]1CO. The van der Waals surface area contributed by atoms with Crippen LogP contribution in [0, 0.1) is 5.92 Å². The van der Waals surface area contributed by atoms with Gasteiger partial charge in [-0.15, -0.1) is 0 Å². The van der Waals surface area contributed by atoms with E-state index in [4.69, 9.17) is 55.9 Å². The Morgan fingerprint density at radius 3 is 2.31 bits per heavy atom. The highest BCUT2D eigenvalue weighted by Gasteiger charge is 2.46. The molecule has 0 spiro atoms. The van der Waals surface area contributed by atoms with Gasteiger partial charge in [0.05, 0.1) is 37.3 Å². The number of aliphatic hydroxyl groups excluding tert-OH is 1. The molecule has 4 aromatic heterocycles. The second-order valence-corrected chi connectivity index (χ2v) is 21.8. The number of esters is 2. The normalized spacial score (nSPS) is 20.4. The van der Waals surface area contributed by atoms with Crippen LogP contribution in [0.4, 0.5) is 11.8 Å². The number of ether oxygens (including phenoxy) is 5. The topological polar surface area (TPSA) is 299 Å². The number of nitrogens with zero attached hydrogens (tertiary/aromatic N) is 8. The lowest BCUT2D eigenvalue weighted by Crippen LogP contribution is -2.31. The van der Waals surface area contributed by atoms with Gasteiger partial charge in [0.1, 0.15) is 60.7 Å². The highest BCUT2D eigenvalue weighted by Crippen LogP contribution is 2.63. The summed E-state index contributed by atoms with van der Waals surface area (Å²) in [5, 5.41) is 16.6. The molecule has 392 valence electrons. The zero-order chi connectivity index (χ0) is 52.7. The molecule has 0 aliphatic carbocycles. The zero-order valence-electron chi connectivity index (χ0n) is 40.0. The molecule has 7 atom stereocenters. The first kappa shape index (κ1) is 54.1. The minimum Gasteiger partial charge on any atom is -0.459 e. The summed E-state index contributed by atoms with van der Waals surface area (Å²) >= 11 is 13.2. The van der Waals surface area contributed by atoms with E-state index in [0.717, 1.165) is 0 Å². The van der Waals surface area contributed by atoms with Crippen LogP contribution >= 0.6 is 41.4 Å². The molecule has 2 saturated heterocycles. The molecule has 0 radical (unpaired) electrons. The third-order valence-corrected chi connectivity index (χ3v) is 15.3. The van der Waals surface area contributed by atoms with Crippen LogP contribution in [0.25, 0.3) is 22.3 Å². The average molecular weight is 1100 g/mol. The Morgan fingerprint density at radius 1 is 0.878 bits per heavy atom. The predicted octanol–water partition coefficient (Wildman–Crippen LogP) is 7.61. The predicted molar refractivity (Wildman–Crippen MR) is 266 cm³/mol. The maximum Gasteiger partial charge on any atom is 0.392 e. The van der Waals surface area contributed by atoms with Crippen molar-refractivity contribution in [3.63, 3.8) is 0 Å². The van der Waals surface area contributed by atoms with E-state index in [2.05, 4.69) is 40.5 Å².